The standard InChI is InChI=1S/C14H21N3/c1-11-6-5-9-17(11)13(10-14(15)16)12-7-3-2-4-8-12/h2-4,7-8,11,13H,5-6,9-10H2,1H3,(H3,15,16). The van der Waals surface area contributed by atoms with Gasteiger partial charge >= 0.3 is 0 Å². The number of nitrogens with two attached hydrogens (primary N) is 1. The quantitative estimate of drug-likeness (QED) is 0.618. The van der Waals surface area contributed by atoms with Gasteiger partial charge in [-0.2, -0.15) is 0 Å². The lowest BCUT2D eigenvalue weighted by Gasteiger charge is -2.31. The summed E-state index contributed by atoms with van der Waals surface area (Å²) in [6, 6.07) is 11.3. The summed E-state index contributed by atoms with van der Waals surface area (Å²) in [5.74, 6) is 0.276. The molecule has 1 aromatic rings. The molecule has 3 N–H and O–H groups in total. The number of nitrogens with one attached hydrogen (secondary N) is 1. The lowest BCUT2D eigenvalue weighted by molar-refractivity contribution is 0.195. The molecular formula is C14H21N3. The molecule has 1 aliphatic heterocycles. The largest absolute Gasteiger partial charge is 0.388 e. The Morgan fingerprint density at radius 3 is 2.71 bits per heavy atom. The molecule has 17 heavy (non-hydrogen) atoms. The van der Waals surface area contributed by atoms with E-state index >= 15 is 0 Å². The Morgan fingerprint density at radius 1 is 1.47 bits per heavy atom. The Hall–Kier alpha value is -1.35. The molecule has 0 spiro atoms. The van der Waals surface area contributed by atoms with Gasteiger partial charge in [-0.3, -0.25) is 10.3 Å². The summed E-state index contributed by atoms with van der Waals surface area (Å²) in [5, 5.41) is 7.55. The molecule has 2 atom stereocenters. The fourth-order valence-corrected chi connectivity index (χ4v) is 2.73. The number of hydrogen-bond acceptors (Lipinski definition) is 2. The van der Waals surface area contributed by atoms with Gasteiger partial charge in [0.1, 0.15) is 0 Å². The van der Waals surface area contributed by atoms with Crippen molar-refractivity contribution in [2.45, 2.75) is 38.3 Å². The van der Waals surface area contributed by atoms with E-state index in [0.717, 1.165) is 6.54 Å². The van der Waals surface area contributed by atoms with Crippen LogP contribution in [-0.4, -0.2) is 23.3 Å². The first-order valence-electron chi connectivity index (χ1n) is 6.32. The van der Waals surface area contributed by atoms with Gasteiger partial charge in [0.05, 0.1) is 5.84 Å². The minimum Gasteiger partial charge on any atom is -0.388 e. The van der Waals surface area contributed by atoms with E-state index in [1.165, 1.54) is 18.4 Å². The summed E-state index contributed by atoms with van der Waals surface area (Å²) in [6.45, 7) is 3.39. The van der Waals surface area contributed by atoms with Crippen molar-refractivity contribution in [3.05, 3.63) is 35.9 Å². The average Bonchev–Trinajstić information content (AvgIpc) is 2.73. The summed E-state index contributed by atoms with van der Waals surface area (Å²) >= 11 is 0. The van der Waals surface area contributed by atoms with Crippen LogP contribution in [0.15, 0.2) is 30.3 Å². The zero-order valence-corrected chi connectivity index (χ0v) is 10.4. The van der Waals surface area contributed by atoms with E-state index in [1.807, 2.05) is 6.07 Å². The number of nitrogens with zero attached hydrogens (tertiary/aromatic N) is 1. The first-order chi connectivity index (χ1) is 8.18. The lowest BCUT2D eigenvalue weighted by Crippen LogP contribution is -2.34. The van der Waals surface area contributed by atoms with Crippen LogP contribution in [0.1, 0.15) is 37.8 Å². The van der Waals surface area contributed by atoms with E-state index in [2.05, 4.69) is 36.1 Å². The zero-order chi connectivity index (χ0) is 12.3. The fourth-order valence-electron chi connectivity index (χ4n) is 2.73. The van der Waals surface area contributed by atoms with Gasteiger partial charge in [0.25, 0.3) is 0 Å². The van der Waals surface area contributed by atoms with Gasteiger partial charge in [-0.05, 0) is 31.9 Å². The summed E-state index contributed by atoms with van der Waals surface area (Å²) in [7, 11) is 0. The molecule has 1 heterocycles. The molecule has 1 saturated heterocycles. The first kappa shape index (κ1) is 12.1. The molecule has 2 rings (SSSR count). The third kappa shape index (κ3) is 2.86. The van der Waals surface area contributed by atoms with E-state index in [1.54, 1.807) is 0 Å². The highest BCUT2D eigenvalue weighted by Gasteiger charge is 2.28. The first-order valence-corrected chi connectivity index (χ1v) is 6.32. The molecular weight excluding hydrogens is 210 g/mol. The van der Waals surface area contributed by atoms with E-state index < -0.39 is 0 Å². The van der Waals surface area contributed by atoms with Gasteiger partial charge in [-0.1, -0.05) is 30.3 Å². The number of amidine groups is 1. The van der Waals surface area contributed by atoms with Crippen LogP contribution in [0, 0.1) is 5.41 Å². The van der Waals surface area contributed by atoms with E-state index in [-0.39, 0.29) is 11.9 Å². The van der Waals surface area contributed by atoms with Crippen LogP contribution >= 0.6 is 0 Å². The molecule has 1 fully saturated rings. The van der Waals surface area contributed by atoms with Crippen molar-refractivity contribution in [2.75, 3.05) is 6.54 Å². The molecule has 1 aromatic carbocycles. The molecule has 0 saturated carbocycles. The molecule has 0 aromatic heterocycles. The fraction of sp³-hybridized carbons (Fsp3) is 0.500. The van der Waals surface area contributed by atoms with Crippen molar-refractivity contribution in [3.63, 3.8) is 0 Å². The lowest BCUT2D eigenvalue weighted by atomic mass is 10.0. The molecule has 3 heteroatoms. The van der Waals surface area contributed by atoms with Crippen LogP contribution in [0.5, 0.6) is 0 Å². The highest BCUT2D eigenvalue weighted by atomic mass is 15.2. The van der Waals surface area contributed by atoms with Crippen molar-refractivity contribution in [2.24, 2.45) is 5.73 Å². The van der Waals surface area contributed by atoms with E-state index in [0.29, 0.717) is 12.5 Å². The minimum atomic E-state index is 0.270. The Bertz CT molecular complexity index is 374. The second kappa shape index (κ2) is 5.32. The average molecular weight is 231 g/mol. The topological polar surface area (TPSA) is 53.1 Å². The predicted molar refractivity (Wildman–Crippen MR) is 71.1 cm³/mol. The Kier molecular flexibility index (Phi) is 3.79. The van der Waals surface area contributed by atoms with Gasteiger partial charge in [0.2, 0.25) is 0 Å². The maximum atomic E-state index is 7.55. The number of hydrogen-bond donors (Lipinski definition) is 2. The molecule has 0 aliphatic carbocycles. The van der Waals surface area contributed by atoms with Crippen molar-refractivity contribution >= 4 is 5.84 Å². The van der Waals surface area contributed by atoms with Gasteiger partial charge in [0, 0.05) is 18.5 Å². The molecule has 92 valence electrons. The summed E-state index contributed by atoms with van der Waals surface area (Å²) in [4.78, 5) is 2.48. The molecule has 1 aliphatic rings. The van der Waals surface area contributed by atoms with Crippen molar-refractivity contribution in [3.8, 4) is 0 Å². The summed E-state index contributed by atoms with van der Waals surface area (Å²) in [5.41, 5.74) is 6.87. The second-order valence-electron chi connectivity index (χ2n) is 4.88. The Labute approximate surface area is 103 Å². The summed E-state index contributed by atoms with van der Waals surface area (Å²) < 4.78 is 0. The van der Waals surface area contributed by atoms with Crippen LogP contribution in [0.2, 0.25) is 0 Å². The predicted octanol–water partition coefficient (Wildman–Crippen LogP) is 2.54. The van der Waals surface area contributed by atoms with Gasteiger partial charge in [-0.25, -0.2) is 0 Å². The second-order valence-corrected chi connectivity index (χ2v) is 4.88. The van der Waals surface area contributed by atoms with E-state index in [9.17, 15) is 0 Å². The number of rotatable bonds is 4. The third-order valence-electron chi connectivity index (χ3n) is 3.60. The van der Waals surface area contributed by atoms with Crippen molar-refractivity contribution in [1.29, 1.82) is 5.41 Å². The van der Waals surface area contributed by atoms with Crippen LogP contribution in [0.25, 0.3) is 0 Å². The maximum absolute atomic E-state index is 7.55. The molecule has 0 bridgehead atoms. The minimum absolute atomic E-state index is 0.270. The molecule has 0 radical (unpaired) electrons. The van der Waals surface area contributed by atoms with Crippen LogP contribution in [0.3, 0.4) is 0 Å². The van der Waals surface area contributed by atoms with E-state index in [4.69, 9.17) is 11.1 Å². The Morgan fingerprint density at radius 2 is 2.18 bits per heavy atom. The maximum Gasteiger partial charge on any atom is 0.0924 e. The molecule has 2 unspecified atom stereocenters. The van der Waals surface area contributed by atoms with Crippen LogP contribution < -0.4 is 5.73 Å². The van der Waals surface area contributed by atoms with Crippen molar-refractivity contribution < 1.29 is 0 Å². The third-order valence-corrected chi connectivity index (χ3v) is 3.60. The molecule has 3 nitrogen and oxygen atoms in total. The van der Waals surface area contributed by atoms with Gasteiger partial charge in [-0.15, -0.1) is 0 Å². The zero-order valence-electron chi connectivity index (χ0n) is 10.4. The molecule has 0 amide bonds. The Balaban J connectivity index is 2.22. The normalized spacial score (nSPS) is 22.5. The van der Waals surface area contributed by atoms with Crippen LogP contribution in [-0.2, 0) is 0 Å². The van der Waals surface area contributed by atoms with Gasteiger partial charge < -0.3 is 5.73 Å². The highest BCUT2D eigenvalue weighted by Crippen LogP contribution is 2.31. The van der Waals surface area contributed by atoms with Crippen LogP contribution in [0.4, 0.5) is 0 Å². The number of likely N-dealkylation sites (tertiary alicyclic amines) is 1. The van der Waals surface area contributed by atoms with Crippen molar-refractivity contribution in [1.82, 2.24) is 4.90 Å². The SMILES string of the molecule is CC1CCCN1C(CC(=N)N)c1ccccc1. The smallest absolute Gasteiger partial charge is 0.0924 e. The summed E-state index contributed by atoms with van der Waals surface area (Å²) in [6.07, 6.45) is 3.14. The van der Waals surface area contributed by atoms with Gasteiger partial charge in [0.15, 0.2) is 0 Å². The highest BCUT2D eigenvalue weighted by molar-refractivity contribution is 5.77. The number of benzene rings is 1. The monoisotopic (exact) mass is 231 g/mol.